The quantitative estimate of drug-likeness (QED) is 0.627. The molecule has 4 nitrogen and oxygen atoms in total. The van der Waals surface area contributed by atoms with E-state index in [1.165, 1.54) is 0 Å². The topological polar surface area (TPSA) is 63.8 Å². The summed E-state index contributed by atoms with van der Waals surface area (Å²) in [7, 11) is 0. The van der Waals surface area contributed by atoms with Crippen molar-refractivity contribution < 1.29 is 0 Å². The second-order valence-corrected chi connectivity index (χ2v) is 6.75. The van der Waals surface area contributed by atoms with Crippen molar-refractivity contribution in [3.05, 3.63) is 39.5 Å². The molecule has 3 N–H and O–H groups in total. The summed E-state index contributed by atoms with van der Waals surface area (Å²) >= 11 is 9.42. The monoisotopic (exact) mass is 354 g/mol. The Labute approximate surface area is 131 Å². The minimum atomic E-state index is -0.0903. The Morgan fingerprint density at radius 2 is 1.90 bits per heavy atom. The van der Waals surface area contributed by atoms with E-state index >= 15 is 0 Å². The number of nitrogens with two attached hydrogens (primary N) is 1. The molecule has 0 radical (unpaired) electrons. The van der Waals surface area contributed by atoms with Crippen LogP contribution in [-0.2, 0) is 5.41 Å². The van der Waals surface area contributed by atoms with Gasteiger partial charge in [-0.25, -0.2) is 15.8 Å². The van der Waals surface area contributed by atoms with E-state index in [0.29, 0.717) is 16.7 Å². The van der Waals surface area contributed by atoms with Crippen LogP contribution in [0.2, 0.25) is 5.02 Å². The van der Waals surface area contributed by atoms with Crippen LogP contribution in [0.1, 0.15) is 26.5 Å². The van der Waals surface area contributed by atoms with Gasteiger partial charge in [0, 0.05) is 21.5 Å². The SMILES string of the molecule is CC(C)(C)c1cc(NN)nc(-c2ccc(Cl)c(Br)c2)n1. The second kappa shape index (κ2) is 5.68. The fourth-order valence-electron chi connectivity index (χ4n) is 1.67. The molecule has 0 aliphatic carbocycles. The first-order valence-electron chi connectivity index (χ1n) is 6.13. The first-order chi connectivity index (χ1) is 9.31. The van der Waals surface area contributed by atoms with Crippen LogP contribution in [0.4, 0.5) is 5.82 Å². The fraction of sp³-hybridized carbons (Fsp3) is 0.286. The number of nitrogen functional groups attached to an aromatic ring is 1. The zero-order chi connectivity index (χ0) is 14.9. The van der Waals surface area contributed by atoms with Gasteiger partial charge in [-0.2, -0.15) is 0 Å². The van der Waals surface area contributed by atoms with Gasteiger partial charge in [0.2, 0.25) is 0 Å². The van der Waals surface area contributed by atoms with Gasteiger partial charge in [-0.1, -0.05) is 32.4 Å². The highest BCUT2D eigenvalue weighted by Crippen LogP contribution is 2.29. The molecule has 0 amide bonds. The highest BCUT2D eigenvalue weighted by atomic mass is 79.9. The maximum absolute atomic E-state index is 6.01. The lowest BCUT2D eigenvalue weighted by molar-refractivity contribution is 0.568. The van der Waals surface area contributed by atoms with Crippen LogP contribution in [0.5, 0.6) is 0 Å². The molecule has 2 aromatic rings. The first kappa shape index (κ1) is 15.2. The molecule has 0 unspecified atom stereocenters. The van der Waals surface area contributed by atoms with Crippen LogP contribution in [-0.4, -0.2) is 9.97 Å². The summed E-state index contributed by atoms with van der Waals surface area (Å²) in [6.07, 6.45) is 0. The Balaban J connectivity index is 2.58. The van der Waals surface area contributed by atoms with Gasteiger partial charge < -0.3 is 5.43 Å². The largest absolute Gasteiger partial charge is 0.308 e. The number of halogens is 2. The third kappa shape index (κ3) is 3.29. The average Bonchev–Trinajstić information content (AvgIpc) is 2.40. The molecule has 2 rings (SSSR count). The number of hydrogen-bond donors (Lipinski definition) is 2. The molecule has 0 atom stereocenters. The molecule has 0 aliphatic heterocycles. The third-order valence-electron chi connectivity index (χ3n) is 2.82. The van der Waals surface area contributed by atoms with E-state index in [1.54, 1.807) is 0 Å². The molecule has 0 spiro atoms. The number of nitrogens with one attached hydrogen (secondary N) is 1. The summed E-state index contributed by atoms with van der Waals surface area (Å²) in [5.41, 5.74) is 4.29. The summed E-state index contributed by atoms with van der Waals surface area (Å²) in [5.74, 6) is 6.69. The minimum absolute atomic E-state index is 0.0903. The summed E-state index contributed by atoms with van der Waals surface area (Å²) < 4.78 is 0.809. The number of anilines is 1. The van der Waals surface area contributed by atoms with Crippen LogP contribution in [0, 0.1) is 0 Å². The lowest BCUT2D eigenvalue weighted by Gasteiger charge is -2.19. The average molecular weight is 356 g/mol. The smallest absolute Gasteiger partial charge is 0.161 e. The molecule has 1 aromatic carbocycles. The molecule has 20 heavy (non-hydrogen) atoms. The van der Waals surface area contributed by atoms with Crippen molar-refractivity contribution >= 4 is 33.3 Å². The standard InChI is InChI=1S/C14H16BrClN4/c1-14(2,3)11-7-12(20-17)19-13(18-11)8-4-5-10(16)9(15)6-8/h4-7H,17H2,1-3H3,(H,18,19,20). The molecule has 0 bridgehead atoms. The Morgan fingerprint density at radius 3 is 2.45 bits per heavy atom. The highest BCUT2D eigenvalue weighted by molar-refractivity contribution is 9.10. The summed E-state index contributed by atoms with van der Waals surface area (Å²) in [6.45, 7) is 6.28. The second-order valence-electron chi connectivity index (χ2n) is 5.49. The zero-order valence-corrected chi connectivity index (χ0v) is 13.9. The molecule has 0 aliphatic rings. The van der Waals surface area contributed by atoms with Crippen LogP contribution < -0.4 is 11.3 Å². The molecule has 0 fully saturated rings. The van der Waals surface area contributed by atoms with Crippen LogP contribution in [0.25, 0.3) is 11.4 Å². The molecule has 0 saturated heterocycles. The van der Waals surface area contributed by atoms with E-state index in [-0.39, 0.29) is 5.41 Å². The van der Waals surface area contributed by atoms with E-state index < -0.39 is 0 Å². The van der Waals surface area contributed by atoms with Crippen molar-refractivity contribution in [2.24, 2.45) is 5.84 Å². The predicted octanol–water partition coefficient (Wildman–Crippen LogP) is 4.14. The van der Waals surface area contributed by atoms with Crippen molar-refractivity contribution in [2.75, 3.05) is 5.43 Å². The number of hydrazine groups is 1. The highest BCUT2D eigenvalue weighted by Gasteiger charge is 2.18. The predicted molar refractivity (Wildman–Crippen MR) is 86.7 cm³/mol. The van der Waals surface area contributed by atoms with Crippen molar-refractivity contribution in [3.8, 4) is 11.4 Å². The molecule has 106 valence electrons. The minimum Gasteiger partial charge on any atom is -0.308 e. The van der Waals surface area contributed by atoms with E-state index in [9.17, 15) is 0 Å². The van der Waals surface area contributed by atoms with Gasteiger partial charge in [-0.15, -0.1) is 0 Å². The number of rotatable bonds is 2. The lowest BCUT2D eigenvalue weighted by atomic mass is 9.92. The number of benzene rings is 1. The van der Waals surface area contributed by atoms with Gasteiger partial charge >= 0.3 is 0 Å². The van der Waals surface area contributed by atoms with Gasteiger partial charge in [-0.3, -0.25) is 0 Å². The van der Waals surface area contributed by atoms with Crippen molar-refractivity contribution in [1.82, 2.24) is 9.97 Å². The van der Waals surface area contributed by atoms with Crippen LogP contribution in [0.3, 0.4) is 0 Å². The lowest BCUT2D eigenvalue weighted by Crippen LogP contribution is -2.17. The fourth-order valence-corrected chi connectivity index (χ4v) is 2.17. The number of nitrogens with zero attached hydrogens (tertiary/aromatic N) is 2. The van der Waals surface area contributed by atoms with Crippen LogP contribution >= 0.6 is 27.5 Å². The first-order valence-corrected chi connectivity index (χ1v) is 7.30. The van der Waals surface area contributed by atoms with Gasteiger partial charge in [-0.05, 0) is 34.1 Å². The third-order valence-corrected chi connectivity index (χ3v) is 4.03. The van der Waals surface area contributed by atoms with E-state index in [1.807, 2.05) is 24.3 Å². The Hall–Kier alpha value is -1.17. The van der Waals surface area contributed by atoms with Crippen molar-refractivity contribution in [2.45, 2.75) is 26.2 Å². The Kier molecular flexibility index (Phi) is 4.32. The zero-order valence-electron chi connectivity index (χ0n) is 11.5. The van der Waals surface area contributed by atoms with E-state index in [4.69, 9.17) is 17.4 Å². The van der Waals surface area contributed by atoms with Gasteiger partial charge in [0.05, 0.1) is 10.7 Å². The summed E-state index contributed by atoms with van der Waals surface area (Å²) in [5, 5.41) is 0.651. The molecule has 1 heterocycles. The summed E-state index contributed by atoms with van der Waals surface area (Å²) in [6, 6.07) is 7.44. The maximum atomic E-state index is 6.01. The molecule has 0 saturated carbocycles. The van der Waals surface area contributed by atoms with Crippen molar-refractivity contribution in [1.29, 1.82) is 0 Å². The summed E-state index contributed by atoms with van der Waals surface area (Å²) in [4.78, 5) is 9.02. The molecule has 6 heteroatoms. The van der Waals surface area contributed by atoms with E-state index in [0.717, 1.165) is 15.7 Å². The normalized spacial score (nSPS) is 11.5. The Bertz CT molecular complexity index is 638. The van der Waals surface area contributed by atoms with Crippen LogP contribution in [0.15, 0.2) is 28.7 Å². The van der Waals surface area contributed by atoms with Crippen molar-refractivity contribution in [3.63, 3.8) is 0 Å². The Morgan fingerprint density at radius 1 is 1.20 bits per heavy atom. The number of aromatic nitrogens is 2. The van der Waals surface area contributed by atoms with Gasteiger partial charge in [0.15, 0.2) is 5.82 Å². The molecular weight excluding hydrogens is 340 g/mol. The maximum Gasteiger partial charge on any atom is 0.161 e. The van der Waals surface area contributed by atoms with Gasteiger partial charge in [0.1, 0.15) is 5.82 Å². The molecular formula is C14H16BrClN4. The molecule has 1 aromatic heterocycles. The number of hydrogen-bond acceptors (Lipinski definition) is 4. The van der Waals surface area contributed by atoms with E-state index in [2.05, 4.69) is 52.1 Å². The van der Waals surface area contributed by atoms with Gasteiger partial charge in [0.25, 0.3) is 0 Å².